The number of hydrazone groups is 1. The van der Waals surface area contributed by atoms with Crippen LogP contribution < -0.4 is 21.4 Å². The Hall–Kier alpha value is -4.14. The molecule has 9 heteroatoms. The maximum absolute atomic E-state index is 12.7. The highest BCUT2D eigenvalue weighted by molar-refractivity contribution is 6.00. The number of aromatic nitrogens is 4. The van der Waals surface area contributed by atoms with Gasteiger partial charge in [0.15, 0.2) is 11.2 Å². The van der Waals surface area contributed by atoms with Crippen LogP contribution in [0.1, 0.15) is 30.9 Å². The molecule has 34 heavy (non-hydrogen) atoms. The summed E-state index contributed by atoms with van der Waals surface area (Å²) < 4.78 is 8.34. The molecule has 0 atom stereocenters. The number of nitrogens with zero attached hydrogens (tertiary/aromatic N) is 4. The number of rotatable bonds is 9. The standard InChI is InChI=1S/C25H28N6O3/c1-4-8-20(18-9-6-5-7-10-18)28-29-24-26-22-21(23(32)27-25(33)30(22)2)31(24)16-15-17-11-13-19(34-3)14-12-17/h5-7,9-14H,4,8,15-16H2,1-3H3,(H,26,29)(H,27,32,33). The molecule has 9 nitrogen and oxygen atoms in total. The molecule has 2 N–H and O–H groups in total. The predicted octanol–water partition coefficient (Wildman–Crippen LogP) is 3.29. The van der Waals surface area contributed by atoms with Gasteiger partial charge in [0.05, 0.1) is 12.8 Å². The number of nitrogens with one attached hydrogen (secondary N) is 2. The minimum Gasteiger partial charge on any atom is -0.497 e. The Kier molecular flexibility index (Phi) is 6.91. The highest BCUT2D eigenvalue weighted by Gasteiger charge is 2.17. The van der Waals surface area contributed by atoms with Crippen LogP contribution in [0.2, 0.25) is 0 Å². The van der Waals surface area contributed by atoms with Crippen molar-refractivity contribution in [1.82, 2.24) is 19.1 Å². The Labute approximate surface area is 196 Å². The van der Waals surface area contributed by atoms with Gasteiger partial charge in [-0.05, 0) is 36.1 Å². The third-order valence-corrected chi connectivity index (χ3v) is 5.67. The van der Waals surface area contributed by atoms with E-state index in [0.29, 0.717) is 30.1 Å². The molecular formula is C25H28N6O3. The maximum atomic E-state index is 12.7. The molecule has 0 saturated heterocycles. The van der Waals surface area contributed by atoms with Crippen molar-refractivity contribution in [3.63, 3.8) is 0 Å². The zero-order valence-corrected chi connectivity index (χ0v) is 19.5. The Bertz CT molecular complexity index is 1420. The lowest BCUT2D eigenvalue weighted by Crippen LogP contribution is -2.29. The molecule has 2 heterocycles. The summed E-state index contributed by atoms with van der Waals surface area (Å²) in [5.74, 6) is 1.18. The molecule has 0 saturated carbocycles. The van der Waals surface area contributed by atoms with Gasteiger partial charge in [-0.15, -0.1) is 0 Å². The minimum atomic E-state index is -0.511. The van der Waals surface area contributed by atoms with Crippen molar-refractivity contribution in [3.05, 3.63) is 86.6 Å². The SMILES string of the molecule is CCCC(=NNc1nc2c(c(=O)[nH]c(=O)n2C)n1CCc1ccc(OC)cc1)c1ccccc1. The van der Waals surface area contributed by atoms with E-state index in [0.717, 1.165) is 35.4 Å². The number of anilines is 1. The summed E-state index contributed by atoms with van der Waals surface area (Å²) >= 11 is 0. The molecule has 2 aromatic carbocycles. The van der Waals surface area contributed by atoms with E-state index in [1.165, 1.54) is 4.57 Å². The third kappa shape index (κ3) is 4.78. The summed E-state index contributed by atoms with van der Waals surface area (Å²) in [7, 11) is 3.21. The molecule has 2 aromatic heterocycles. The zero-order chi connectivity index (χ0) is 24.1. The third-order valence-electron chi connectivity index (χ3n) is 5.67. The Morgan fingerprint density at radius 1 is 1.12 bits per heavy atom. The van der Waals surface area contributed by atoms with Crippen LogP contribution in [0.15, 0.2) is 69.3 Å². The van der Waals surface area contributed by atoms with Crippen LogP contribution in [-0.2, 0) is 20.0 Å². The second-order valence-corrected chi connectivity index (χ2v) is 7.96. The second-order valence-electron chi connectivity index (χ2n) is 7.96. The van der Waals surface area contributed by atoms with Gasteiger partial charge >= 0.3 is 5.69 Å². The first-order chi connectivity index (χ1) is 16.5. The summed E-state index contributed by atoms with van der Waals surface area (Å²) in [5.41, 5.74) is 5.69. The van der Waals surface area contributed by atoms with Crippen LogP contribution in [0.25, 0.3) is 11.2 Å². The van der Waals surface area contributed by atoms with E-state index < -0.39 is 11.2 Å². The number of aryl methyl sites for hydroxylation is 3. The lowest BCUT2D eigenvalue weighted by Gasteiger charge is -2.10. The quantitative estimate of drug-likeness (QED) is 0.294. The van der Waals surface area contributed by atoms with E-state index in [2.05, 4.69) is 27.4 Å². The first-order valence-corrected chi connectivity index (χ1v) is 11.2. The molecule has 0 fully saturated rings. The van der Waals surface area contributed by atoms with Gasteiger partial charge in [0.25, 0.3) is 5.56 Å². The van der Waals surface area contributed by atoms with Crippen LogP contribution in [0, 0.1) is 0 Å². The van der Waals surface area contributed by atoms with Gasteiger partial charge in [0.1, 0.15) is 5.75 Å². The number of aromatic amines is 1. The predicted molar refractivity (Wildman–Crippen MR) is 134 cm³/mol. The molecule has 0 radical (unpaired) electrons. The number of benzene rings is 2. The highest BCUT2D eigenvalue weighted by atomic mass is 16.5. The summed E-state index contributed by atoms with van der Waals surface area (Å²) in [5, 5.41) is 4.64. The summed E-state index contributed by atoms with van der Waals surface area (Å²) in [4.78, 5) is 31.8. The largest absolute Gasteiger partial charge is 0.497 e. The Balaban J connectivity index is 1.74. The monoisotopic (exact) mass is 460 g/mol. The Morgan fingerprint density at radius 2 is 1.85 bits per heavy atom. The summed E-state index contributed by atoms with van der Waals surface area (Å²) in [6, 6.07) is 17.7. The molecular weight excluding hydrogens is 432 g/mol. The van der Waals surface area contributed by atoms with E-state index in [9.17, 15) is 9.59 Å². The normalized spacial score (nSPS) is 11.7. The van der Waals surface area contributed by atoms with E-state index in [1.807, 2.05) is 54.6 Å². The highest BCUT2D eigenvalue weighted by Crippen LogP contribution is 2.18. The van der Waals surface area contributed by atoms with Crippen molar-refractivity contribution in [3.8, 4) is 5.75 Å². The number of hydrogen-bond acceptors (Lipinski definition) is 6. The number of fused-ring (bicyclic) bond motifs is 1. The fourth-order valence-electron chi connectivity index (χ4n) is 3.82. The molecule has 0 bridgehead atoms. The molecule has 0 aliphatic heterocycles. The van der Waals surface area contributed by atoms with Gasteiger partial charge in [-0.25, -0.2) is 10.2 Å². The van der Waals surface area contributed by atoms with Gasteiger partial charge in [-0.1, -0.05) is 55.8 Å². The average molecular weight is 461 g/mol. The van der Waals surface area contributed by atoms with Gasteiger partial charge in [-0.3, -0.25) is 14.3 Å². The first-order valence-electron chi connectivity index (χ1n) is 11.2. The van der Waals surface area contributed by atoms with E-state index in [4.69, 9.17) is 4.74 Å². The van der Waals surface area contributed by atoms with Gasteiger partial charge in [-0.2, -0.15) is 10.1 Å². The van der Waals surface area contributed by atoms with Crippen molar-refractivity contribution in [2.24, 2.45) is 12.1 Å². The van der Waals surface area contributed by atoms with Crippen molar-refractivity contribution in [2.45, 2.75) is 32.7 Å². The number of imidazole rings is 1. The Morgan fingerprint density at radius 3 is 2.53 bits per heavy atom. The van der Waals surface area contributed by atoms with E-state index >= 15 is 0 Å². The topological polar surface area (TPSA) is 106 Å². The van der Waals surface area contributed by atoms with Gasteiger partial charge in [0.2, 0.25) is 5.95 Å². The van der Waals surface area contributed by atoms with Crippen LogP contribution in [0.5, 0.6) is 5.75 Å². The molecule has 0 amide bonds. The van der Waals surface area contributed by atoms with Gasteiger partial charge in [0, 0.05) is 13.6 Å². The molecule has 0 aliphatic rings. The van der Waals surface area contributed by atoms with Crippen LogP contribution >= 0.6 is 0 Å². The van der Waals surface area contributed by atoms with Crippen LogP contribution in [-0.4, -0.2) is 31.9 Å². The average Bonchev–Trinajstić information content (AvgIpc) is 3.23. The number of hydrogen-bond donors (Lipinski definition) is 2. The fourth-order valence-corrected chi connectivity index (χ4v) is 3.82. The second kappa shape index (κ2) is 10.2. The van der Waals surface area contributed by atoms with Crippen molar-refractivity contribution < 1.29 is 4.74 Å². The van der Waals surface area contributed by atoms with E-state index in [1.54, 1.807) is 18.7 Å². The molecule has 0 aliphatic carbocycles. The number of methoxy groups -OCH3 is 1. The number of ether oxygens (including phenoxy) is 1. The molecule has 4 rings (SSSR count). The molecule has 4 aromatic rings. The van der Waals surface area contributed by atoms with E-state index in [-0.39, 0.29) is 0 Å². The molecule has 176 valence electrons. The first kappa shape index (κ1) is 23.0. The molecule has 0 unspecified atom stereocenters. The lowest BCUT2D eigenvalue weighted by molar-refractivity contribution is 0.414. The van der Waals surface area contributed by atoms with Gasteiger partial charge < -0.3 is 9.30 Å². The van der Waals surface area contributed by atoms with Crippen LogP contribution in [0.4, 0.5) is 5.95 Å². The maximum Gasteiger partial charge on any atom is 0.329 e. The minimum absolute atomic E-state index is 0.304. The fraction of sp³-hybridized carbons (Fsp3) is 0.280. The van der Waals surface area contributed by atoms with Crippen molar-refractivity contribution in [1.29, 1.82) is 0 Å². The zero-order valence-electron chi connectivity index (χ0n) is 19.5. The van der Waals surface area contributed by atoms with Crippen molar-refractivity contribution in [2.75, 3.05) is 12.5 Å². The lowest BCUT2D eigenvalue weighted by atomic mass is 10.1. The summed E-state index contributed by atoms with van der Waals surface area (Å²) in [6.45, 7) is 2.56. The smallest absolute Gasteiger partial charge is 0.329 e. The van der Waals surface area contributed by atoms with Crippen molar-refractivity contribution >= 4 is 22.8 Å². The van der Waals surface area contributed by atoms with Crippen LogP contribution in [0.3, 0.4) is 0 Å². The number of H-pyrrole nitrogens is 1. The summed E-state index contributed by atoms with van der Waals surface area (Å²) in [6.07, 6.45) is 2.36. The molecule has 0 spiro atoms.